The van der Waals surface area contributed by atoms with Gasteiger partial charge in [0.25, 0.3) is 5.91 Å². The lowest BCUT2D eigenvalue weighted by Crippen LogP contribution is -2.46. The van der Waals surface area contributed by atoms with Crippen molar-refractivity contribution >= 4 is 23.6 Å². The van der Waals surface area contributed by atoms with Crippen molar-refractivity contribution < 1.29 is 19.1 Å². The van der Waals surface area contributed by atoms with E-state index in [1.807, 2.05) is 54.6 Å². The second kappa shape index (κ2) is 10.8. The molecule has 0 saturated heterocycles. The number of carbonyl (C=O) groups excluding carboxylic acids is 3. The van der Waals surface area contributed by atoms with Gasteiger partial charge >= 0.3 is 12.0 Å². The van der Waals surface area contributed by atoms with Gasteiger partial charge in [-0.25, -0.2) is 9.59 Å². The molecule has 154 valence electrons. The quantitative estimate of drug-likeness (QED) is 0.565. The molecule has 3 amide bonds. The predicted molar refractivity (Wildman–Crippen MR) is 111 cm³/mol. The van der Waals surface area contributed by atoms with Crippen LogP contribution in [0.4, 0.5) is 10.5 Å². The summed E-state index contributed by atoms with van der Waals surface area (Å²) in [5, 5.41) is 5.04. The number of primary amides is 1. The number of nitrogens with one attached hydrogen (secondary N) is 2. The zero-order valence-corrected chi connectivity index (χ0v) is 16.7. The first kappa shape index (κ1) is 21.9. The van der Waals surface area contributed by atoms with Gasteiger partial charge in [-0.05, 0) is 35.6 Å². The minimum atomic E-state index is -0.975. The second-order valence-corrected chi connectivity index (χ2v) is 6.84. The predicted octanol–water partition coefficient (Wildman–Crippen LogP) is 2.96. The lowest BCUT2D eigenvalue weighted by Gasteiger charge is -2.16. The van der Waals surface area contributed by atoms with E-state index >= 15 is 0 Å². The Morgan fingerprint density at radius 1 is 1.03 bits per heavy atom. The van der Waals surface area contributed by atoms with Crippen LogP contribution in [0.15, 0.2) is 54.6 Å². The van der Waals surface area contributed by atoms with E-state index in [-0.39, 0.29) is 6.42 Å². The standard InChI is InChI=1S/C22H27N3O4/c1-3-15(2)17-9-11-18(12-10-17)24-20(26)14-29-21(27)19(25-22(23)28)13-16-7-5-4-6-8-16/h4-12,15,19H,3,13-14H2,1-2H3,(H,24,26)(H3,23,25,28)/t15-,19-/m0/s1. The van der Waals surface area contributed by atoms with E-state index in [4.69, 9.17) is 10.5 Å². The Bertz CT molecular complexity index is 822. The average Bonchev–Trinajstić information content (AvgIpc) is 2.72. The van der Waals surface area contributed by atoms with E-state index in [1.54, 1.807) is 0 Å². The van der Waals surface area contributed by atoms with Gasteiger partial charge in [0.2, 0.25) is 0 Å². The zero-order chi connectivity index (χ0) is 21.2. The molecular weight excluding hydrogens is 370 g/mol. The maximum atomic E-state index is 12.3. The highest BCUT2D eigenvalue weighted by atomic mass is 16.5. The Labute approximate surface area is 170 Å². The van der Waals surface area contributed by atoms with Crippen LogP contribution in [-0.4, -0.2) is 30.6 Å². The van der Waals surface area contributed by atoms with Gasteiger partial charge < -0.3 is 21.1 Å². The number of amides is 3. The SMILES string of the molecule is CC[C@H](C)c1ccc(NC(=O)COC(=O)[C@H](Cc2ccccc2)NC(N)=O)cc1. The lowest BCUT2D eigenvalue weighted by molar-refractivity contribution is -0.149. The average molecular weight is 397 g/mol. The molecule has 0 aliphatic heterocycles. The van der Waals surface area contributed by atoms with Crippen LogP contribution < -0.4 is 16.4 Å². The Hall–Kier alpha value is -3.35. The smallest absolute Gasteiger partial charge is 0.329 e. The minimum Gasteiger partial charge on any atom is -0.454 e. The van der Waals surface area contributed by atoms with Gasteiger partial charge in [0.1, 0.15) is 6.04 Å². The third-order valence-electron chi connectivity index (χ3n) is 4.61. The Balaban J connectivity index is 1.89. The van der Waals surface area contributed by atoms with E-state index in [0.29, 0.717) is 11.6 Å². The minimum absolute atomic E-state index is 0.210. The summed E-state index contributed by atoms with van der Waals surface area (Å²) in [6.45, 7) is 3.80. The topological polar surface area (TPSA) is 111 Å². The molecule has 7 nitrogen and oxygen atoms in total. The van der Waals surface area contributed by atoms with Crippen molar-refractivity contribution in [2.45, 2.75) is 38.6 Å². The summed E-state index contributed by atoms with van der Waals surface area (Å²) in [5.41, 5.74) is 7.79. The number of rotatable bonds is 9. The maximum Gasteiger partial charge on any atom is 0.329 e. The first-order chi connectivity index (χ1) is 13.9. The molecule has 2 atom stereocenters. The van der Waals surface area contributed by atoms with E-state index in [1.165, 1.54) is 5.56 Å². The molecule has 2 aromatic carbocycles. The Morgan fingerprint density at radius 3 is 2.28 bits per heavy atom. The van der Waals surface area contributed by atoms with Crippen LogP contribution in [0.5, 0.6) is 0 Å². The summed E-state index contributed by atoms with van der Waals surface area (Å²) in [7, 11) is 0. The van der Waals surface area contributed by atoms with Crippen molar-refractivity contribution in [1.82, 2.24) is 5.32 Å². The first-order valence-electron chi connectivity index (χ1n) is 9.55. The van der Waals surface area contributed by atoms with E-state index in [2.05, 4.69) is 24.5 Å². The zero-order valence-electron chi connectivity index (χ0n) is 16.7. The molecule has 2 aromatic rings. The second-order valence-electron chi connectivity index (χ2n) is 6.84. The summed E-state index contributed by atoms with van der Waals surface area (Å²) in [6.07, 6.45) is 1.24. The van der Waals surface area contributed by atoms with Crippen LogP contribution in [-0.2, 0) is 20.7 Å². The van der Waals surface area contributed by atoms with Crippen molar-refractivity contribution in [2.75, 3.05) is 11.9 Å². The number of esters is 1. The van der Waals surface area contributed by atoms with Gasteiger partial charge in [-0.1, -0.05) is 56.3 Å². The highest BCUT2D eigenvalue weighted by Crippen LogP contribution is 2.20. The molecule has 29 heavy (non-hydrogen) atoms. The molecule has 7 heteroatoms. The normalized spacial score (nSPS) is 12.5. The van der Waals surface area contributed by atoms with Crippen LogP contribution >= 0.6 is 0 Å². The highest BCUT2D eigenvalue weighted by Gasteiger charge is 2.22. The molecule has 0 unspecified atom stereocenters. The van der Waals surface area contributed by atoms with Crippen LogP contribution in [0.2, 0.25) is 0 Å². The van der Waals surface area contributed by atoms with Gasteiger partial charge in [0.05, 0.1) is 0 Å². The fourth-order valence-corrected chi connectivity index (χ4v) is 2.78. The highest BCUT2D eigenvalue weighted by molar-refractivity contribution is 5.93. The number of urea groups is 1. The molecule has 0 aliphatic rings. The molecule has 0 bridgehead atoms. The fourth-order valence-electron chi connectivity index (χ4n) is 2.78. The molecular formula is C22H27N3O4. The van der Waals surface area contributed by atoms with Crippen LogP contribution in [0.1, 0.15) is 37.3 Å². The van der Waals surface area contributed by atoms with Crippen molar-refractivity contribution in [3.05, 3.63) is 65.7 Å². The van der Waals surface area contributed by atoms with Crippen molar-refractivity contribution in [3.8, 4) is 0 Å². The summed E-state index contributed by atoms with van der Waals surface area (Å²) in [4.78, 5) is 35.6. The number of ether oxygens (including phenoxy) is 1. The number of carbonyl (C=O) groups is 3. The van der Waals surface area contributed by atoms with Gasteiger partial charge in [-0.15, -0.1) is 0 Å². The third kappa shape index (κ3) is 7.29. The monoisotopic (exact) mass is 397 g/mol. The molecule has 0 heterocycles. The molecule has 0 fully saturated rings. The first-order valence-corrected chi connectivity index (χ1v) is 9.55. The van der Waals surface area contributed by atoms with Crippen LogP contribution in [0, 0.1) is 0 Å². The maximum absolute atomic E-state index is 12.3. The largest absolute Gasteiger partial charge is 0.454 e. The molecule has 0 spiro atoms. The molecule has 0 aromatic heterocycles. The van der Waals surface area contributed by atoms with Crippen LogP contribution in [0.3, 0.4) is 0 Å². The molecule has 0 radical (unpaired) electrons. The summed E-state index contributed by atoms with van der Waals surface area (Å²) < 4.78 is 5.07. The van der Waals surface area contributed by atoms with E-state index in [0.717, 1.165) is 12.0 Å². The van der Waals surface area contributed by atoms with Gasteiger partial charge in [-0.2, -0.15) is 0 Å². The van der Waals surface area contributed by atoms with E-state index < -0.39 is 30.6 Å². The Kier molecular flexibility index (Phi) is 8.21. The number of hydrogen-bond acceptors (Lipinski definition) is 4. The Morgan fingerprint density at radius 2 is 1.69 bits per heavy atom. The van der Waals surface area contributed by atoms with Crippen molar-refractivity contribution in [2.24, 2.45) is 5.73 Å². The molecule has 4 N–H and O–H groups in total. The fraction of sp³-hybridized carbons (Fsp3) is 0.318. The number of anilines is 1. The third-order valence-corrected chi connectivity index (χ3v) is 4.61. The molecule has 0 aliphatic carbocycles. The number of nitrogens with two attached hydrogens (primary N) is 1. The van der Waals surface area contributed by atoms with E-state index in [9.17, 15) is 14.4 Å². The van der Waals surface area contributed by atoms with Gasteiger partial charge in [0.15, 0.2) is 6.61 Å². The summed E-state index contributed by atoms with van der Waals surface area (Å²) >= 11 is 0. The summed E-state index contributed by atoms with van der Waals surface area (Å²) in [6, 6.07) is 14.9. The van der Waals surface area contributed by atoms with Crippen LogP contribution in [0.25, 0.3) is 0 Å². The molecule has 2 rings (SSSR count). The van der Waals surface area contributed by atoms with Crippen molar-refractivity contribution in [1.29, 1.82) is 0 Å². The summed E-state index contributed by atoms with van der Waals surface area (Å²) in [5.74, 6) is -0.748. The van der Waals surface area contributed by atoms with Gasteiger partial charge in [0, 0.05) is 12.1 Å². The van der Waals surface area contributed by atoms with Crippen molar-refractivity contribution in [3.63, 3.8) is 0 Å². The van der Waals surface area contributed by atoms with Gasteiger partial charge in [-0.3, -0.25) is 4.79 Å². The number of hydrogen-bond donors (Lipinski definition) is 3. The lowest BCUT2D eigenvalue weighted by atomic mass is 9.99. The number of benzene rings is 2. The molecule has 0 saturated carbocycles.